The summed E-state index contributed by atoms with van der Waals surface area (Å²) >= 11 is 0.259. The third kappa shape index (κ3) is 6.72. The first-order valence-electron chi connectivity index (χ1n) is 6.40. The van der Waals surface area contributed by atoms with Crippen molar-refractivity contribution in [2.75, 3.05) is 17.6 Å². The Balaban J connectivity index is 0.000000335. The van der Waals surface area contributed by atoms with Crippen molar-refractivity contribution in [1.82, 2.24) is 0 Å². The molecule has 0 saturated carbocycles. The molecule has 0 aliphatic carbocycles. The predicted octanol–water partition coefficient (Wildman–Crippen LogP) is -1.90. The van der Waals surface area contributed by atoms with Gasteiger partial charge in [-0.3, -0.25) is 4.79 Å². The number of hydrogen-bond donors (Lipinski definition) is 4. The molecular weight excluding hydrogens is 369 g/mol. The van der Waals surface area contributed by atoms with Crippen LogP contribution in [0.3, 0.4) is 0 Å². The molecule has 1 aromatic carbocycles. The second-order valence-electron chi connectivity index (χ2n) is 4.39. The average molecular weight is 387 g/mol. The molecule has 2 atom stereocenters. The number of carbonyl (C=O) groups excluding carboxylic acids is 3. The number of anilines is 1. The third-order valence-electron chi connectivity index (χ3n) is 2.59. The summed E-state index contributed by atoms with van der Waals surface area (Å²) < 4.78 is 9.83. The fraction of sp³-hybridized carbons (Fsp3) is 0.308. The maximum atomic E-state index is 11.3. The van der Waals surface area contributed by atoms with E-state index in [4.69, 9.17) is 15.6 Å². The van der Waals surface area contributed by atoms with Crippen molar-refractivity contribution in [2.45, 2.75) is 12.5 Å². The normalized spacial score (nSPS) is 16.7. The summed E-state index contributed by atoms with van der Waals surface area (Å²) in [6, 6.07) is 6.75. The summed E-state index contributed by atoms with van der Waals surface area (Å²) in [5, 5.41) is 2.71. The number of carbonyl (C=O) groups is 3. The molecule has 0 radical (unpaired) electrons. The van der Waals surface area contributed by atoms with Crippen LogP contribution in [-0.4, -0.2) is 55.3 Å². The molecule has 22 heavy (non-hydrogen) atoms. The minimum absolute atomic E-state index is 0.123. The van der Waals surface area contributed by atoms with Gasteiger partial charge in [-0.05, 0) is 0 Å². The molecule has 1 aliphatic rings. The van der Waals surface area contributed by atoms with Crippen LogP contribution in [0.15, 0.2) is 24.3 Å². The summed E-state index contributed by atoms with van der Waals surface area (Å²) in [5.74, 6) is 0.151. The Morgan fingerprint density at radius 3 is 2.32 bits per heavy atom. The Kier molecular flexibility index (Phi) is 8.37. The first-order valence-corrected chi connectivity index (χ1v) is 9.37. The summed E-state index contributed by atoms with van der Waals surface area (Å²) in [6.07, 6.45) is -0.202. The molecule has 1 amide bonds. The molecular formula is C13H18AsN3O4S. The fourth-order valence-corrected chi connectivity index (χ4v) is 2.49. The van der Waals surface area contributed by atoms with Gasteiger partial charge >= 0.3 is 99.8 Å². The van der Waals surface area contributed by atoms with Crippen molar-refractivity contribution in [1.29, 1.82) is 0 Å². The van der Waals surface area contributed by atoms with E-state index in [-0.39, 0.29) is 35.8 Å². The Morgan fingerprint density at radius 1 is 1.36 bits per heavy atom. The Bertz CT molecular complexity index is 539. The maximum absolute atomic E-state index is 11.3. The van der Waals surface area contributed by atoms with Crippen molar-refractivity contribution in [3.8, 4) is 0 Å². The molecule has 1 fully saturated rings. The van der Waals surface area contributed by atoms with E-state index in [0.29, 0.717) is 5.69 Å². The van der Waals surface area contributed by atoms with Gasteiger partial charge in [0.05, 0.1) is 6.04 Å². The molecule has 2 rings (SSSR count). The zero-order chi connectivity index (χ0) is 16.5. The second-order valence-corrected chi connectivity index (χ2v) is 7.10. The number of rotatable bonds is 5. The van der Waals surface area contributed by atoms with E-state index in [1.54, 1.807) is 24.3 Å². The summed E-state index contributed by atoms with van der Waals surface area (Å²) in [4.78, 5) is 32.3. The number of hydrogen-bond acceptors (Lipinski definition) is 7. The van der Waals surface area contributed by atoms with Crippen LogP contribution in [0.1, 0.15) is 6.42 Å². The number of ketones is 1. The molecule has 0 aromatic heterocycles. The fourth-order valence-electron chi connectivity index (χ4n) is 1.33. The van der Waals surface area contributed by atoms with Crippen LogP contribution < -0.4 is 21.1 Å². The van der Waals surface area contributed by atoms with Gasteiger partial charge in [0.25, 0.3) is 0 Å². The van der Waals surface area contributed by atoms with Crippen LogP contribution in [0.5, 0.6) is 0 Å². The number of benzene rings is 1. The standard InChI is InChI=1S/C10H13AsN2O3.C3H5NOS/c12-6-9(14)5-10(15)13-8-3-1-7(11-16)2-4-8;4-2-1-6-3(2)5/h1-4,11,16H,5-6,12H2,(H,13,15);2H,1,4H2. The summed E-state index contributed by atoms with van der Waals surface area (Å²) in [7, 11) is 0. The number of thioether (sulfide) groups is 1. The molecule has 0 spiro atoms. The molecule has 1 aliphatic heterocycles. The molecule has 6 N–H and O–H groups in total. The first-order chi connectivity index (χ1) is 10.5. The molecule has 7 nitrogen and oxygen atoms in total. The second kappa shape index (κ2) is 9.76. The first kappa shape index (κ1) is 18.9. The predicted molar refractivity (Wildman–Crippen MR) is 88.2 cm³/mol. The molecule has 1 saturated heterocycles. The Hall–Kier alpha value is -1.18. The van der Waals surface area contributed by atoms with Crippen LogP contribution in [0.4, 0.5) is 5.69 Å². The van der Waals surface area contributed by atoms with E-state index in [9.17, 15) is 14.4 Å². The van der Waals surface area contributed by atoms with Crippen LogP contribution in [0.25, 0.3) is 0 Å². The van der Waals surface area contributed by atoms with Gasteiger partial charge < -0.3 is 5.73 Å². The van der Waals surface area contributed by atoms with E-state index in [1.807, 2.05) is 0 Å². The number of nitrogens with two attached hydrogens (primary N) is 2. The zero-order valence-electron chi connectivity index (χ0n) is 11.7. The van der Waals surface area contributed by atoms with Gasteiger partial charge in [-0.1, -0.05) is 11.8 Å². The number of amides is 1. The van der Waals surface area contributed by atoms with Gasteiger partial charge in [-0.15, -0.1) is 0 Å². The average Bonchev–Trinajstić information content (AvgIpc) is 2.54. The van der Waals surface area contributed by atoms with E-state index in [1.165, 1.54) is 11.8 Å². The van der Waals surface area contributed by atoms with Crippen molar-refractivity contribution >= 4 is 54.7 Å². The van der Waals surface area contributed by atoms with E-state index >= 15 is 0 Å². The van der Waals surface area contributed by atoms with Crippen molar-refractivity contribution < 1.29 is 18.5 Å². The van der Waals surface area contributed by atoms with Crippen LogP contribution in [0, 0.1) is 0 Å². The summed E-state index contributed by atoms with van der Waals surface area (Å²) in [6.45, 7) is -0.123. The molecule has 0 bridgehead atoms. The van der Waals surface area contributed by atoms with Gasteiger partial charge in [0.2, 0.25) is 5.12 Å². The van der Waals surface area contributed by atoms with Gasteiger partial charge in [-0.25, -0.2) is 0 Å². The van der Waals surface area contributed by atoms with Gasteiger partial charge in [0.1, 0.15) is 0 Å². The minimum atomic E-state index is -1.05. The van der Waals surface area contributed by atoms with Crippen LogP contribution >= 0.6 is 11.8 Å². The topological polar surface area (TPSA) is 136 Å². The molecule has 120 valence electrons. The molecule has 1 aromatic rings. The summed E-state index contributed by atoms with van der Waals surface area (Å²) in [5.41, 5.74) is 10.9. The third-order valence-corrected chi connectivity index (χ3v) is 4.95. The van der Waals surface area contributed by atoms with Crippen molar-refractivity contribution in [3.63, 3.8) is 0 Å². The Labute approximate surface area is 139 Å². The monoisotopic (exact) mass is 387 g/mol. The van der Waals surface area contributed by atoms with Gasteiger partial charge in [-0.2, -0.15) is 0 Å². The van der Waals surface area contributed by atoms with Gasteiger partial charge in [0, 0.05) is 5.75 Å². The van der Waals surface area contributed by atoms with Crippen molar-refractivity contribution in [2.24, 2.45) is 11.5 Å². The number of Topliss-reactive ketones (excluding diaryl/α,β-unsaturated/α-hetero) is 1. The Morgan fingerprint density at radius 2 is 1.95 bits per heavy atom. The molecule has 9 heteroatoms. The van der Waals surface area contributed by atoms with Crippen LogP contribution in [0.2, 0.25) is 0 Å². The zero-order valence-corrected chi connectivity index (χ0v) is 14.7. The SMILES string of the molecule is NC1CSC1=O.NCC(=O)CC(=O)Nc1ccc([AsH]O)cc1. The quantitative estimate of drug-likeness (QED) is 0.342. The number of nitrogens with one attached hydrogen (secondary N) is 1. The van der Waals surface area contributed by atoms with Gasteiger partial charge in [0.15, 0.2) is 0 Å². The molecule has 2 unspecified atom stereocenters. The van der Waals surface area contributed by atoms with Crippen molar-refractivity contribution in [3.05, 3.63) is 24.3 Å². The van der Waals surface area contributed by atoms with E-state index < -0.39 is 16.1 Å². The van der Waals surface area contributed by atoms with E-state index in [0.717, 1.165) is 10.1 Å². The van der Waals surface area contributed by atoms with Crippen LogP contribution in [-0.2, 0) is 14.4 Å². The van der Waals surface area contributed by atoms with E-state index in [2.05, 4.69) is 5.32 Å². The molecule has 1 heterocycles.